The normalized spacial score (nSPS) is 15.9. The van der Waals surface area contributed by atoms with Crippen LogP contribution in [0.5, 0.6) is 0 Å². The molecule has 5 heteroatoms. The first-order valence-corrected chi connectivity index (χ1v) is 9.86. The molecule has 0 atom stereocenters. The van der Waals surface area contributed by atoms with Gasteiger partial charge in [-0.05, 0) is 56.9 Å². The minimum atomic E-state index is -3.49. The Hall–Kier alpha value is -1.98. The molecule has 0 aromatic heterocycles. The van der Waals surface area contributed by atoms with Gasteiger partial charge < -0.3 is 0 Å². The lowest BCUT2D eigenvalue weighted by molar-refractivity contribution is -0.112. The van der Waals surface area contributed by atoms with Crippen molar-refractivity contribution in [3.63, 3.8) is 0 Å². The molecule has 2 rings (SSSR count). The minimum Gasteiger partial charge on any atom is -0.295 e. The smallest absolute Gasteiger partial charge is 0.243 e. The second-order valence-electron chi connectivity index (χ2n) is 6.32. The number of sulfonamides is 1. The van der Waals surface area contributed by atoms with Crippen molar-refractivity contribution in [2.75, 3.05) is 13.1 Å². The van der Waals surface area contributed by atoms with Crippen LogP contribution < -0.4 is 0 Å². The first-order valence-electron chi connectivity index (χ1n) is 8.42. The van der Waals surface area contributed by atoms with E-state index in [4.69, 9.17) is 0 Å². The summed E-state index contributed by atoms with van der Waals surface area (Å²) in [6.45, 7) is 8.07. The zero-order chi connectivity index (χ0) is 18.4. The molecule has 0 saturated heterocycles. The maximum absolute atomic E-state index is 12.8. The number of allylic oxidation sites excluding steroid dienone is 2. The van der Waals surface area contributed by atoms with Gasteiger partial charge >= 0.3 is 0 Å². The molecule has 1 aliphatic heterocycles. The molecule has 0 amide bonds. The van der Waals surface area contributed by atoms with E-state index in [2.05, 4.69) is 6.58 Å². The minimum absolute atomic E-state index is 0.0437. The summed E-state index contributed by atoms with van der Waals surface area (Å²) in [6, 6.07) is 6.94. The van der Waals surface area contributed by atoms with Gasteiger partial charge in [-0.3, -0.25) is 4.79 Å². The van der Waals surface area contributed by atoms with Gasteiger partial charge in [-0.15, -0.1) is 0 Å². The van der Waals surface area contributed by atoms with Crippen LogP contribution in [0, 0.1) is 6.92 Å². The summed E-state index contributed by atoms with van der Waals surface area (Å²) >= 11 is 0. The Morgan fingerprint density at radius 2 is 1.92 bits per heavy atom. The lowest BCUT2D eigenvalue weighted by atomic mass is 10.0. The van der Waals surface area contributed by atoms with E-state index in [0.29, 0.717) is 18.0 Å². The zero-order valence-electron chi connectivity index (χ0n) is 14.9. The molecule has 134 valence electrons. The van der Waals surface area contributed by atoms with Crippen LogP contribution >= 0.6 is 0 Å². The summed E-state index contributed by atoms with van der Waals surface area (Å²) in [5.41, 5.74) is 3.14. The van der Waals surface area contributed by atoms with Crippen molar-refractivity contribution in [1.82, 2.24) is 4.31 Å². The third-order valence-corrected chi connectivity index (χ3v) is 6.08. The highest BCUT2D eigenvalue weighted by molar-refractivity contribution is 7.89. The Labute approximate surface area is 150 Å². The van der Waals surface area contributed by atoms with E-state index in [1.807, 2.05) is 25.1 Å². The first kappa shape index (κ1) is 19.3. The van der Waals surface area contributed by atoms with Gasteiger partial charge in [0.1, 0.15) is 0 Å². The number of ketones is 1. The molecular weight excluding hydrogens is 334 g/mol. The lowest BCUT2D eigenvalue weighted by Crippen LogP contribution is -2.29. The van der Waals surface area contributed by atoms with Crippen LogP contribution in [0.1, 0.15) is 31.7 Å². The van der Waals surface area contributed by atoms with E-state index in [1.54, 1.807) is 24.3 Å². The summed E-state index contributed by atoms with van der Waals surface area (Å²) in [5, 5.41) is 0. The maximum Gasteiger partial charge on any atom is 0.243 e. The van der Waals surface area contributed by atoms with Crippen LogP contribution in [0.4, 0.5) is 0 Å². The van der Waals surface area contributed by atoms with Crippen molar-refractivity contribution in [2.24, 2.45) is 0 Å². The van der Waals surface area contributed by atoms with Crippen LogP contribution in [-0.2, 0) is 14.8 Å². The molecule has 0 radical (unpaired) electrons. The number of rotatable bonds is 8. The van der Waals surface area contributed by atoms with E-state index in [0.717, 1.165) is 36.0 Å². The molecule has 25 heavy (non-hydrogen) atoms. The number of nitrogens with zero attached hydrogens (tertiary/aromatic N) is 1. The highest BCUT2D eigenvalue weighted by Gasteiger charge is 2.30. The van der Waals surface area contributed by atoms with Crippen LogP contribution in [0.3, 0.4) is 0 Å². The van der Waals surface area contributed by atoms with E-state index in [-0.39, 0.29) is 5.78 Å². The van der Waals surface area contributed by atoms with Crippen molar-refractivity contribution < 1.29 is 13.2 Å². The summed E-state index contributed by atoms with van der Waals surface area (Å²) in [6.07, 6.45) is 7.69. The topological polar surface area (TPSA) is 54.5 Å². The quantitative estimate of drug-likeness (QED) is 0.524. The molecule has 4 nitrogen and oxygen atoms in total. The zero-order valence-corrected chi connectivity index (χ0v) is 15.7. The fourth-order valence-corrected chi connectivity index (χ4v) is 4.25. The lowest BCUT2D eigenvalue weighted by Gasteiger charge is -2.17. The highest BCUT2D eigenvalue weighted by atomic mass is 32.2. The number of aryl methyl sites for hydroxylation is 1. The molecule has 0 unspecified atom stereocenters. The van der Waals surface area contributed by atoms with Crippen molar-refractivity contribution in [1.29, 1.82) is 0 Å². The fourth-order valence-electron chi connectivity index (χ4n) is 2.83. The monoisotopic (exact) mass is 359 g/mol. The van der Waals surface area contributed by atoms with Crippen LogP contribution in [0.2, 0.25) is 0 Å². The molecule has 1 aromatic rings. The van der Waals surface area contributed by atoms with Crippen LogP contribution in [-0.4, -0.2) is 31.6 Å². The van der Waals surface area contributed by atoms with E-state index < -0.39 is 10.0 Å². The number of unbranched alkanes of at least 4 members (excludes halogenated alkanes) is 1. The number of hydrogen-bond acceptors (Lipinski definition) is 3. The maximum atomic E-state index is 12.8. The molecule has 0 N–H and O–H groups in total. The largest absolute Gasteiger partial charge is 0.295 e. The SMILES string of the molecule is C=CC1=C(CCC/C=C/C(C)=O)CN(S(=O)(=O)c2ccc(C)cc2)C1. The van der Waals surface area contributed by atoms with Gasteiger partial charge in [0, 0.05) is 13.1 Å². The number of carbonyl (C=O) groups is 1. The third-order valence-electron chi connectivity index (χ3n) is 4.28. The predicted octanol–water partition coefficient (Wildman–Crippen LogP) is 3.80. The van der Waals surface area contributed by atoms with Crippen molar-refractivity contribution >= 4 is 15.8 Å². The molecule has 0 fully saturated rings. The van der Waals surface area contributed by atoms with E-state index >= 15 is 0 Å². The Kier molecular flexibility index (Phi) is 6.51. The van der Waals surface area contributed by atoms with Gasteiger partial charge in [0.2, 0.25) is 10.0 Å². The van der Waals surface area contributed by atoms with Gasteiger partial charge in [-0.1, -0.05) is 42.0 Å². The van der Waals surface area contributed by atoms with Gasteiger partial charge in [0.05, 0.1) is 4.90 Å². The average Bonchev–Trinajstić information content (AvgIpc) is 2.98. The first-order chi connectivity index (χ1) is 11.8. The third kappa shape index (κ3) is 5.00. The van der Waals surface area contributed by atoms with Crippen molar-refractivity contribution in [3.05, 3.63) is 65.8 Å². The second kappa shape index (κ2) is 8.41. The average molecular weight is 359 g/mol. The molecule has 0 saturated carbocycles. The van der Waals surface area contributed by atoms with E-state index in [9.17, 15) is 13.2 Å². The molecule has 1 aromatic carbocycles. The number of hydrogen-bond donors (Lipinski definition) is 0. The van der Waals surface area contributed by atoms with Crippen molar-refractivity contribution in [3.8, 4) is 0 Å². The molecule has 1 heterocycles. The van der Waals surface area contributed by atoms with Gasteiger partial charge in [0.25, 0.3) is 0 Å². The second-order valence-corrected chi connectivity index (χ2v) is 8.26. The molecule has 0 spiro atoms. The van der Waals surface area contributed by atoms with Crippen LogP contribution in [0.25, 0.3) is 0 Å². The highest BCUT2D eigenvalue weighted by Crippen LogP contribution is 2.28. The van der Waals surface area contributed by atoms with Gasteiger partial charge in [-0.25, -0.2) is 8.42 Å². The Morgan fingerprint density at radius 3 is 2.52 bits per heavy atom. The van der Waals surface area contributed by atoms with Gasteiger partial charge in [-0.2, -0.15) is 4.31 Å². The molecule has 1 aliphatic rings. The molecule has 0 bridgehead atoms. The molecular formula is C20H25NO3S. The van der Waals surface area contributed by atoms with Crippen LogP contribution in [0.15, 0.2) is 65.1 Å². The molecule has 0 aliphatic carbocycles. The Bertz CT molecular complexity index is 802. The van der Waals surface area contributed by atoms with Crippen molar-refractivity contribution in [2.45, 2.75) is 38.0 Å². The van der Waals surface area contributed by atoms with Gasteiger partial charge in [0.15, 0.2) is 5.78 Å². The summed E-state index contributed by atoms with van der Waals surface area (Å²) in [7, 11) is -3.49. The standard InChI is InChI=1S/C20H25NO3S/c1-4-18-14-21(15-19(18)9-7-5-6-8-17(3)22)25(23,24)20-12-10-16(2)11-13-20/h4,6,8,10-13H,1,5,7,9,14-15H2,2-3H3/b8-6+. The summed E-state index contributed by atoms with van der Waals surface area (Å²) in [4.78, 5) is 11.2. The Balaban J connectivity index is 2.04. The number of carbonyl (C=O) groups excluding carboxylic acids is 1. The summed E-state index contributed by atoms with van der Waals surface area (Å²) in [5.74, 6) is 0.0437. The predicted molar refractivity (Wildman–Crippen MR) is 101 cm³/mol. The fraction of sp³-hybridized carbons (Fsp3) is 0.350. The van der Waals surface area contributed by atoms with E-state index in [1.165, 1.54) is 11.2 Å². The summed E-state index contributed by atoms with van der Waals surface area (Å²) < 4.78 is 27.2. The Morgan fingerprint density at radius 1 is 1.24 bits per heavy atom. The number of benzene rings is 1.